The van der Waals surface area contributed by atoms with Crippen LogP contribution in [0.1, 0.15) is 25.7 Å². The lowest BCUT2D eigenvalue weighted by Crippen LogP contribution is -2.31. The minimum Gasteiger partial charge on any atom is -0.469 e. The van der Waals surface area contributed by atoms with E-state index in [0.717, 1.165) is 31.9 Å². The Hall–Kier alpha value is -0.620. The van der Waals surface area contributed by atoms with Gasteiger partial charge in [-0.05, 0) is 18.8 Å². The van der Waals surface area contributed by atoms with Crippen LogP contribution < -0.4 is 0 Å². The van der Waals surface area contributed by atoms with Crippen molar-refractivity contribution < 1.29 is 22.1 Å². The first kappa shape index (κ1) is 13.4. The normalized spacial score (nSPS) is 26.4. The second kappa shape index (κ2) is 5.63. The standard InChI is InChI=1S/C10H18O5S/c1-14-10(11)9-6-4-3-5-8(9)7-15-16(2,12)13/h8-9H,3-7H2,1-2H3. The molecular formula is C10H18O5S. The average molecular weight is 250 g/mol. The van der Waals surface area contributed by atoms with Gasteiger partial charge >= 0.3 is 5.97 Å². The third-order valence-electron chi connectivity index (χ3n) is 2.91. The Morgan fingerprint density at radius 2 is 1.94 bits per heavy atom. The fourth-order valence-electron chi connectivity index (χ4n) is 2.08. The summed E-state index contributed by atoms with van der Waals surface area (Å²) >= 11 is 0. The molecule has 6 heteroatoms. The maximum absolute atomic E-state index is 11.5. The maximum Gasteiger partial charge on any atom is 0.309 e. The Kier molecular flexibility index (Phi) is 4.73. The monoisotopic (exact) mass is 250 g/mol. The van der Waals surface area contributed by atoms with Crippen molar-refractivity contribution in [1.29, 1.82) is 0 Å². The van der Waals surface area contributed by atoms with E-state index in [1.165, 1.54) is 7.11 Å². The summed E-state index contributed by atoms with van der Waals surface area (Å²) in [5.41, 5.74) is 0. The molecule has 1 aliphatic carbocycles. The van der Waals surface area contributed by atoms with Gasteiger partial charge in [-0.3, -0.25) is 8.98 Å². The van der Waals surface area contributed by atoms with Gasteiger partial charge in [-0.25, -0.2) is 0 Å². The van der Waals surface area contributed by atoms with Gasteiger partial charge in [0.15, 0.2) is 0 Å². The van der Waals surface area contributed by atoms with Gasteiger partial charge in [0.1, 0.15) is 0 Å². The molecule has 0 aromatic carbocycles. The van der Waals surface area contributed by atoms with E-state index in [9.17, 15) is 13.2 Å². The molecule has 0 radical (unpaired) electrons. The van der Waals surface area contributed by atoms with Gasteiger partial charge in [0.25, 0.3) is 10.1 Å². The molecule has 5 nitrogen and oxygen atoms in total. The fourth-order valence-corrected chi connectivity index (χ4v) is 2.50. The Labute approximate surface area is 96.2 Å². The topological polar surface area (TPSA) is 69.7 Å². The highest BCUT2D eigenvalue weighted by Gasteiger charge is 2.32. The lowest BCUT2D eigenvalue weighted by Gasteiger charge is -2.28. The number of hydrogen-bond acceptors (Lipinski definition) is 5. The first-order valence-electron chi connectivity index (χ1n) is 5.36. The molecule has 0 bridgehead atoms. The van der Waals surface area contributed by atoms with Gasteiger partial charge < -0.3 is 4.74 Å². The summed E-state index contributed by atoms with van der Waals surface area (Å²) in [4.78, 5) is 11.5. The summed E-state index contributed by atoms with van der Waals surface area (Å²) < 4.78 is 31.2. The van der Waals surface area contributed by atoms with Crippen LogP contribution in [0.2, 0.25) is 0 Å². The molecule has 1 aliphatic rings. The van der Waals surface area contributed by atoms with Gasteiger partial charge in [0.05, 0.1) is 25.9 Å². The lowest BCUT2D eigenvalue weighted by molar-refractivity contribution is -0.149. The zero-order valence-electron chi connectivity index (χ0n) is 9.64. The minimum absolute atomic E-state index is 0.0454. The molecule has 0 aliphatic heterocycles. The number of esters is 1. The smallest absolute Gasteiger partial charge is 0.309 e. The highest BCUT2D eigenvalue weighted by atomic mass is 32.2. The molecule has 16 heavy (non-hydrogen) atoms. The molecule has 2 unspecified atom stereocenters. The van der Waals surface area contributed by atoms with E-state index in [1.54, 1.807) is 0 Å². The minimum atomic E-state index is -3.43. The van der Waals surface area contributed by atoms with Crippen molar-refractivity contribution in [1.82, 2.24) is 0 Å². The van der Waals surface area contributed by atoms with E-state index in [0.29, 0.717) is 0 Å². The molecule has 2 atom stereocenters. The molecule has 1 saturated carbocycles. The zero-order valence-corrected chi connectivity index (χ0v) is 10.5. The van der Waals surface area contributed by atoms with Gasteiger partial charge in [-0.2, -0.15) is 8.42 Å². The van der Waals surface area contributed by atoms with Crippen molar-refractivity contribution in [3.8, 4) is 0 Å². The molecular weight excluding hydrogens is 232 g/mol. The molecule has 0 saturated heterocycles. The molecule has 1 fully saturated rings. The Bertz CT molecular complexity index is 335. The number of methoxy groups -OCH3 is 1. The molecule has 94 valence electrons. The molecule has 0 N–H and O–H groups in total. The van der Waals surface area contributed by atoms with Crippen LogP contribution in [0.15, 0.2) is 0 Å². The van der Waals surface area contributed by atoms with Crippen LogP contribution in [-0.4, -0.2) is 34.4 Å². The molecule has 0 amide bonds. The van der Waals surface area contributed by atoms with Crippen LogP contribution in [0.4, 0.5) is 0 Å². The average Bonchev–Trinajstić information content (AvgIpc) is 2.25. The summed E-state index contributed by atoms with van der Waals surface area (Å²) in [7, 11) is -2.08. The highest BCUT2D eigenvalue weighted by molar-refractivity contribution is 7.85. The second-order valence-electron chi connectivity index (χ2n) is 4.16. The van der Waals surface area contributed by atoms with Gasteiger partial charge in [0.2, 0.25) is 0 Å². The fraction of sp³-hybridized carbons (Fsp3) is 0.900. The molecule has 0 aromatic heterocycles. The summed E-state index contributed by atoms with van der Waals surface area (Å²) in [5, 5.41) is 0. The van der Waals surface area contributed by atoms with Crippen LogP contribution in [0.5, 0.6) is 0 Å². The van der Waals surface area contributed by atoms with Gasteiger partial charge in [-0.1, -0.05) is 12.8 Å². The first-order chi connectivity index (χ1) is 7.44. The van der Waals surface area contributed by atoms with E-state index < -0.39 is 10.1 Å². The molecule has 1 rings (SSSR count). The van der Waals surface area contributed by atoms with E-state index in [2.05, 4.69) is 0 Å². The number of rotatable bonds is 4. The van der Waals surface area contributed by atoms with Crippen molar-refractivity contribution in [2.45, 2.75) is 25.7 Å². The third-order valence-corrected chi connectivity index (χ3v) is 3.47. The van der Waals surface area contributed by atoms with E-state index >= 15 is 0 Å². The zero-order chi connectivity index (χ0) is 12.2. The van der Waals surface area contributed by atoms with Crippen LogP contribution in [0.3, 0.4) is 0 Å². The molecule has 0 heterocycles. The predicted molar refractivity (Wildman–Crippen MR) is 58.3 cm³/mol. The second-order valence-corrected chi connectivity index (χ2v) is 5.81. The summed E-state index contributed by atoms with van der Waals surface area (Å²) in [6, 6.07) is 0. The largest absolute Gasteiger partial charge is 0.469 e. The van der Waals surface area contributed by atoms with Crippen LogP contribution in [-0.2, 0) is 23.8 Å². The maximum atomic E-state index is 11.5. The van der Waals surface area contributed by atoms with Crippen molar-refractivity contribution >= 4 is 16.1 Å². The van der Waals surface area contributed by atoms with Crippen LogP contribution in [0.25, 0.3) is 0 Å². The Balaban J connectivity index is 2.57. The predicted octanol–water partition coefficient (Wildman–Crippen LogP) is 0.942. The third kappa shape index (κ3) is 4.09. The van der Waals surface area contributed by atoms with Crippen molar-refractivity contribution in [2.24, 2.45) is 11.8 Å². The first-order valence-corrected chi connectivity index (χ1v) is 7.18. The van der Waals surface area contributed by atoms with Gasteiger partial charge in [-0.15, -0.1) is 0 Å². The molecule has 0 aromatic rings. The highest BCUT2D eigenvalue weighted by Crippen LogP contribution is 2.31. The quantitative estimate of drug-likeness (QED) is 0.548. The number of hydrogen-bond donors (Lipinski definition) is 0. The molecule has 0 spiro atoms. The summed E-state index contributed by atoms with van der Waals surface area (Å²) in [6.45, 7) is 0.0819. The van der Waals surface area contributed by atoms with Crippen molar-refractivity contribution in [3.63, 3.8) is 0 Å². The van der Waals surface area contributed by atoms with E-state index in [-0.39, 0.29) is 24.4 Å². The number of carbonyl (C=O) groups is 1. The lowest BCUT2D eigenvalue weighted by atomic mass is 9.80. The Morgan fingerprint density at radius 1 is 1.31 bits per heavy atom. The SMILES string of the molecule is COC(=O)C1CCCCC1COS(C)(=O)=O. The number of ether oxygens (including phenoxy) is 1. The van der Waals surface area contributed by atoms with E-state index in [4.69, 9.17) is 8.92 Å². The van der Waals surface area contributed by atoms with Crippen LogP contribution in [0, 0.1) is 11.8 Å². The number of carbonyl (C=O) groups excluding carboxylic acids is 1. The Morgan fingerprint density at radius 3 is 2.50 bits per heavy atom. The summed E-state index contributed by atoms with van der Waals surface area (Å²) in [6.07, 6.45) is 4.57. The van der Waals surface area contributed by atoms with Crippen molar-refractivity contribution in [2.75, 3.05) is 20.0 Å². The van der Waals surface area contributed by atoms with Crippen molar-refractivity contribution in [3.05, 3.63) is 0 Å². The van der Waals surface area contributed by atoms with E-state index in [1.807, 2.05) is 0 Å². The van der Waals surface area contributed by atoms with Gasteiger partial charge in [0, 0.05) is 0 Å². The van der Waals surface area contributed by atoms with Crippen LogP contribution >= 0.6 is 0 Å². The summed E-state index contributed by atoms with van der Waals surface area (Å²) in [5.74, 6) is -0.529.